The summed E-state index contributed by atoms with van der Waals surface area (Å²) >= 11 is 0. The second-order valence-electron chi connectivity index (χ2n) is 5.33. The van der Waals surface area contributed by atoms with Crippen LogP contribution >= 0.6 is 24.0 Å². The molecule has 2 N–H and O–H groups in total. The number of nitrogens with one attached hydrogen (secondary N) is 2. The van der Waals surface area contributed by atoms with Crippen LogP contribution in [0.3, 0.4) is 0 Å². The van der Waals surface area contributed by atoms with Crippen LogP contribution in [0.1, 0.15) is 11.4 Å². The minimum Gasteiger partial charge on any atom is -0.349 e. The number of likely N-dealkylation sites (N-methyl/N-ethyl adjacent to an activating group) is 1. The number of amides is 1. The van der Waals surface area contributed by atoms with Gasteiger partial charge in [0.25, 0.3) is 0 Å². The largest absolute Gasteiger partial charge is 0.417 e. The minimum atomic E-state index is -4.45. The average Bonchev–Trinajstić information content (AvgIpc) is 2.96. The van der Waals surface area contributed by atoms with Crippen molar-refractivity contribution in [2.24, 2.45) is 4.99 Å². The van der Waals surface area contributed by atoms with E-state index in [1.54, 1.807) is 14.1 Å². The van der Waals surface area contributed by atoms with E-state index in [2.05, 4.69) is 25.8 Å². The van der Waals surface area contributed by atoms with E-state index >= 15 is 0 Å². The van der Waals surface area contributed by atoms with E-state index in [-0.39, 0.29) is 48.8 Å². The Morgan fingerprint density at radius 3 is 2.54 bits per heavy atom. The normalized spacial score (nSPS) is 11.8. The first-order valence-corrected chi connectivity index (χ1v) is 7.28. The highest BCUT2D eigenvalue weighted by Crippen LogP contribution is 2.29. The van der Waals surface area contributed by atoms with Gasteiger partial charge in [-0.1, -0.05) is 0 Å². The summed E-state index contributed by atoms with van der Waals surface area (Å²) in [6.45, 7) is 0.115. The van der Waals surface area contributed by atoms with Crippen LogP contribution in [0.15, 0.2) is 23.3 Å². The summed E-state index contributed by atoms with van der Waals surface area (Å²) in [5.41, 5.74) is -0.490. The monoisotopic (exact) mass is 485 g/mol. The number of alkyl halides is 3. The third-order valence-corrected chi connectivity index (χ3v) is 3.34. The highest BCUT2D eigenvalue weighted by molar-refractivity contribution is 14.0. The molecule has 0 bridgehead atoms. The van der Waals surface area contributed by atoms with E-state index in [0.29, 0.717) is 11.6 Å². The Hall–Kier alpha value is -2.12. The quantitative estimate of drug-likeness (QED) is 0.385. The van der Waals surface area contributed by atoms with E-state index in [4.69, 9.17) is 0 Å². The third-order valence-electron chi connectivity index (χ3n) is 3.34. The first-order valence-electron chi connectivity index (χ1n) is 7.28. The molecule has 0 saturated heterocycles. The maximum absolute atomic E-state index is 12.8. The van der Waals surface area contributed by atoms with Crippen LogP contribution in [0.25, 0.3) is 5.65 Å². The van der Waals surface area contributed by atoms with Gasteiger partial charge in [-0.25, -0.2) is 0 Å². The van der Waals surface area contributed by atoms with Crippen molar-refractivity contribution in [2.45, 2.75) is 12.7 Å². The van der Waals surface area contributed by atoms with E-state index in [1.165, 1.54) is 22.4 Å². The van der Waals surface area contributed by atoms with Gasteiger partial charge < -0.3 is 15.5 Å². The van der Waals surface area contributed by atoms with Crippen LogP contribution in [0.5, 0.6) is 0 Å². The maximum atomic E-state index is 12.8. The van der Waals surface area contributed by atoms with Crippen molar-refractivity contribution in [2.75, 3.05) is 27.7 Å². The van der Waals surface area contributed by atoms with Crippen molar-refractivity contribution in [3.63, 3.8) is 0 Å². The van der Waals surface area contributed by atoms with Gasteiger partial charge in [-0.05, 0) is 12.1 Å². The molecular weight excluding hydrogens is 466 g/mol. The van der Waals surface area contributed by atoms with Crippen molar-refractivity contribution in [1.82, 2.24) is 30.1 Å². The SMILES string of the molecule is CN=C(NCC(=O)N(C)C)NCc1nnc2ccc(C(F)(F)F)cn12.I. The number of nitrogens with zero attached hydrogens (tertiary/aromatic N) is 5. The molecule has 8 nitrogen and oxygen atoms in total. The maximum Gasteiger partial charge on any atom is 0.417 e. The number of aromatic nitrogens is 3. The molecular formula is C14H19F3IN7O. The van der Waals surface area contributed by atoms with Crippen LogP contribution in [0.4, 0.5) is 13.2 Å². The topological polar surface area (TPSA) is 86.9 Å². The van der Waals surface area contributed by atoms with Crippen molar-refractivity contribution < 1.29 is 18.0 Å². The zero-order valence-electron chi connectivity index (χ0n) is 14.3. The predicted octanol–water partition coefficient (Wildman–Crippen LogP) is 1.12. The number of hydrogen-bond donors (Lipinski definition) is 2. The summed E-state index contributed by atoms with van der Waals surface area (Å²) < 4.78 is 39.7. The molecule has 0 spiro atoms. The number of carbonyl (C=O) groups is 1. The summed E-state index contributed by atoms with van der Waals surface area (Å²) in [7, 11) is 4.76. The number of pyridine rings is 1. The fourth-order valence-electron chi connectivity index (χ4n) is 1.93. The number of fused-ring (bicyclic) bond motifs is 1. The van der Waals surface area contributed by atoms with Gasteiger partial charge in [0, 0.05) is 27.3 Å². The Balaban J connectivity index is 0.00000338. The van der Waals surface area contributed by atoms with Crippen molar-refractivity contribution >= 4 is 41.5 Å². The number of halogens is 4. The van der Waals surface area contributed by atoms with Gasteiger partial charge in [0.1, 0.15) is 0 Å². The van der Waals surface area contributed by atoms with E-state index < -0.39 is 11.7 Å². The zero-order chi connectivity index (χ0) is 18.6. The van der Waals surface area contributed by atoms with Crippen LogP contribution < -0.4 is 10.6 Å². The lowest BCUT2D eigenvalue weighted by molar-refractivity contribution is -0.137. The fourth-order valence-corrected chi connectivity index (χ4v) is 1.93. The summed E-state index contributed by atoms with van der Waals surface area (Å²) in [6.07, 6.45) is -3.51. The molecule has 12 heteroatoms. The number of guanidine groups is 1. The number of carbonyl (C=O) groups excluding carboxylic acids is 1. The van der Waals surface area contributed by atoms with E-state index in [0.717, 1.165) is 12.3 Å². The first-order chi connectivity index (χ1) is 11.7. The Morgan fingerprint density at radius 1 is 1.27 bits per heavy atom. The van der Waals surface area contributed by atoms with Crippen LogP contribution in [0.2, 0.25) is 0 Å². The van der Waals surface area contributed by atoms with Crippen molar-refractivity contribution in [3.05, 3.63) is 29.7 Å². The van der Waals surface area contributed by atoms with Gasteiger partial charge in [-0.2, -0.15) is 13.2 Å². The Kier molecular flexibility index (Phi) is 7.59. The number of aliphatic imine (C=N–C) groups is 1. The van der Waals surface area contributed by atoms with Crippen LogP contribution in [0, 0.1) is 0 Å². The molecule has 0 atom stereocenters. The molecule has 26 heavy (non-hydrogen) atoms. The minimum absolute atomic E-state index is 0. The molecule has 0 fully saturated rings. The number of rotatable bonds is 4. The van der Waals surface area contributed by atoms with Gasteiger partial charge in [0.05, 0.1) is 18.7 Å². The Labute approximate surface area is 164 Å². The summed E-state index contributed by atoms with van der Waals surface area (Å²) in [4.78, 5) is 16.9. The second kappa shape index (κ2) is 9.00. The summed E-state index contributed by atoms with van der Waals surface area (Å²) in [5.74, 6) is 0.451. The number of hydrogen-bond acceptors (Lipinski definition) is 4. The molecule has 2 aromatic rings. The van der Waals surface area contributed by atoms with Gasteiger partial charge in [-0.15, -0.1) is 34.2 Å². The molecule has 144 valence electrons. The molecule has 0 aliphatic heterocycles. The Morgan fingerprint density at radius 2 is 1.96 bits per heavy atom. The molecule has 0 radical (unpaired) electrons. The van der Waals surface area contributed by atoms with Crippen LogP contribution in [-0.4, -0.2) is 59.1 Å². The average molecular weight is 485 g/mol. The second-order valence-corrected chi connectivity index (χ2v) is 5.33. The van der Waals surface area contributed by atoms with Crippen LogP contribution in [-0.2, 0) is 17.5 Å². The van der Waals surface area contributed by atoms with E-state index in [9.17, 15) is 18.0 Å². The molecule has 2 aromatic heterocycles. The van der Waals surface area contributed by atoms with E-state index in [1.807, 2.05) is 0 Å². The standard InChI is InChI=1S/C14H18F3N7O.HI/c1-18-13(20-7-12(25)23(2)3)19-6-11-22-21-10-5-4-9(8-24(10)11)14(15,16)17;/h4-5,8H,6-7H2,1-3H3,(H2,18,19,20);1H. The molecule has 2 rings (SSSR count). The summed E-state index contributed by atoms with van der Waals surface area (Å²) in [5, 5.41) is 13.4. The predicted molar refractivity (Wildman–Crippen MR) is 100 cm³/mol. The molecule has 2 heterocycles. The lowest BCUT2D eigenvalue weighted by Crippen LogP contribution is -2.42. The molecule has 0 aromatic carbocycles. The van der Waals surface area contributed by atoms with Crippen molar-refractivity contribution in [1.29, 1.82) is 0 Å². The Bertz CT molecular complexity index is 788. The van der Waals surface area contributed by atoms with Crippen molar-refractivity contribution in [3.8, 4) is 0 Å². The van der Waals surface area contributed by atoms with Gasteiger partial charge >= 0.3 is 6.18 Å². The lowest BCUT2D eigenvalue weighted by atomic mass is 10.3. The third kappa shape index (κ3) is 5.44. The summed E-state index contributed by atoms with van der Waals surface area (Å²) in [6, 6.07) is 2.21. The molecule has 0 aliphatic carbocycles. The molecule has 0 unspecified atom stereocenters. The van der Waals surface area contributed by atoms with Gasteiger partial charge in [0.15, 0.2) is 17.4 Å². The fraction of sp³-hybridized carbons (Fsp3) is 0.429. The lowest BCUT2D eigenvalue weighted by Gasteiger charge is -2.14. The first kappa shape index (κ1) is 21.9. The van der Waals surface area contributed by atoms with Gasteiger partial charge in [0.2, 0.25) is 5.91 Å². The zero-order valence-corrected chi connectivity index (χ0v) is 16.7. The molecule has 0 saturated carbocycles. The molecule has 0 aliphatic rings. The van der Waals surface area contributed by atoms with Gasteiger partial charge in [-0.3, -0.25) is 14.2 Å². The molecule has 1 amide bonds. The smallest absolute Gasteiger partial charge is 0.349 e. The highest BCUT2D eigenvalue weighted by Gasteiger charge is 2.31. The highest BCUT2D eigenvalue weighted by atomic mass is 127.